The van der Waals surface area contributed by atoms with Crippen molar-refractivity contribution in [2.75, 3.05) is 12.4 Å². The van der Waals surface area contributed by atoms with Gasteiger partial charge in [-0.25, -0.2) is 4.99 Å². The largest absolute Gasteiger partial charge is 0.370 e. The van der Waals surface area contributed by atoms with E-state index in [2.05, 4.69) is 15.6 Å². The van der Waals surface area contributed by atoms with E-state index in [9.17, 15) is 4.79 Å². The van der Waals surface area contributed by atoms with E-state index in [0.717, 1.165) is 11.3 Å². The van der Waals surface area contributed by atoms with Gasteiger partial charge in [0.25, 0.3) is 5.91 Å². The Morgan fingerprint density at radius 1 is 1.14 bits per heavy atom. The first kappa shape index (κ1) is 18.0. The fourth-order valence-electron chi connectivity index (χ4n) is 1.84. The Morgan fingerprint density at radius 2 is 1.86 bits per heavy atom. The Kier molecular flexibility index (Phi) is 7.38. The van der Waals surface area contributed by atoms with Crippen LogP contribution in [0.15, 0.2) is 59.6 Å². The Bertz CT molecular complexity index is 644. The average molecular weight is 410 g/mol. The number of hydrogen-bond donors (Lipinski definition) is 3. The third-order valence-corrected chi connectivity index (χ3v) is 2.89. The second-order valence-electron chi connectivity index (χ2n) is 4.47. The molecule has 0 fully saturated rings. The Hall–Kier alpha value is -2.09. The number of nitrogens with one attached hydrogen (secondary N) is 2. The quantitative estimate of drug-likeness (QED) is 0.412. The molecule has 2 rings (SSSR count). The minimum atomic E-state index is -0.115. The smallest absolute Gasteiger partial charge is 0.251 e. The van der Waals surface area contributed by atoms with E-state index in [4.69, 9.17) is 5.73 Å². The number of anilines is 1. The summed E-state index contributed by atoms with van der Waals surface area (Å²) in [6, 6.07) is 16.9. The maximum Gasteiger partial charge on any atom is 0.251 e. The normalized spacial score (nSPS) is 10.5. The summed E-state index contributed by atoms with van der Waals surface area (Å²) in [6.45, 7) is 0.413. The first-order valence-corrected chi connectivity index (χ1v) is 6.62. The van der Waals surface area contributed by atoms with Crippen LogP contribution in [-0.4, -0.2) is 18.9 Å². The summed E-state index contributed by atoms with van der Waals surface area (Å²) in [5.74, 6) is 0.225. The lowest BCUT2D eigenvalue weighted by Gasteiger charge is -2.06. The zero-order valence-electron chi connectivity index (χ0n) is 12.2. The van der Waals surface area contributed by atoms with Gasteiger partial charge in [0.2, 0.25) is 0 Å². The summed E-state index contributed by atoms with van der Waals surface area (Å²) in [4.78, 5) is 15.8. The van der Waals surface area contributed by atoms with E-state index in [1.807, 2.05) is 42.5 Å². The topological polar surface area (TPSA) is 79.5 Å². The lowest BCUT2D eigenvalue weighted by molar-refractivity contribution is 0.0963. The molecule has 0 aliphatic carbocycles. The van der Waals surface area contributed by atoms with E-state index in [0.29, 0.717) is 18.1 Å². The highest BCUT2D eigenvalue weighted by Gasteiger charge is 2.03. The molecule has 0 aliphatic heterocycles. The zero-order valence-corrected chi connectivity index (χ0v) is 14.6. The lowest BCUT2D eigenvalue weighted by Crippen LogP contribution is -2.22. The van der Waals surface area contributed by atoms with Crippen molar-refractivity contribution in [2.45, 2.75) is 6.54 Å². The summed E-state index contributed by atoms with van der Waals surface area (Å²) in [6.07, 6.45) is 0. The summed E-state index contributed by atoms with van der Waals surface area (Å²) in [5, 5.41) is 5.60. The molecule has 0 radical (unpaired) electrons. The average Bonchev–Trinajstić information content (AvgIpc) is 2.53. The van der Waals surface area contributed by atoms with Gasteiger partial charge in [0.05, 0.1) is 6.54 Å². The molecular weight excluding hydrogens is 391 g/mol. The second kappa shape index (κ2) is 9.04. The predicted molar refractivity (Wildman–Crippen MR) is 101 cm³/mol. The number of nitrogens with two attached hydrogens (primary N) is 1. The van der Waals surface area contributed by atoms with Crippen molar-refractivity contribution in [3.05, 3.63) is 65.7 Å². The second-order valence-corrected chi connectivity index (χ2v) is 4.47. The number of aliphatic imine (C=N–C) groups is 1. The zero-order chi connectivity index (χ0) is 15.1. The number of benzene rings is 2. The van der Waals surface area contributed by atoms with Gasteiger partial charge in [0, 0.05) is 18.3 Å². The summed E-state index contributed by atoms with van der Waals surface area (Å²) in [7, 11) is 1.61. The van der Waals surface area contributed by atoms with E-state index in [1.54, 1.807) is 19.2 Å². The number of halogens is 1. The molecule has 2 aromatic carbocycles. The molecule has 1 amide bonds. The molecule has 0 spiro atoms. The number of carbonyl (C=O) groups excluding carboxylic acids is 1. The first-order valence-electron chi connectivity index (χ1n) is 6.62. The molecule has 0 bridgehead atoms. The van der Waals surface area contributed by atoms with Crippen molar-refractivity contribution < 1.29 is 4.79 Å². The number of para-hydroxylation sites is 1. The molecule has 4 N–H and O–H groups in total. The Balaban J connectivity index is 0.00000242. The molecule has 0 saturated heterocycles. The van der Waals surface area contributed by atoms with Gasteiger partial charge in [0.1, 0.15) is 0 Å². The van der Waals surface area contributed by atoms with Crippen LogP contribution in [0.2, 0.25) is 0 Å². The molecule has 22 heavy (non-hydrogen) atoms. The third-order valence-electron chi connectivity index (χ3n) is 2.89. The van der Waals surface area contributed by atoms with Crippen molar-refractivity contribution in [1.29, 1.82) is 0 Å². The van der Waals surface area contributed by atoms with Crippen LogP contribution in [0.4, 0.5) is 5.69 Å². The molecule has 0 saturated carbocycles. The van der Waals surface area contributed by atoms with Crippen molar-refractivity contribution >= 4 is 41.5 Å². The van der Waals surface area contributed by atoms with E-state index in [1.165, 1.54) is 0 Å². The molecule has 5 nitrogen and oxygen atoms in total. The van der Waals surface area contributed by atoms with Crippen LogP contribution >= 0.6 is 24.0 Å². The number of rotatable bonds is 4. The van der Waals surface area contributed by atoms with Gasteiger partial charge in [0.15, 0.2) is 5.96 Å². The van der Waals surface area contributed by atoms with Gasteiger partial charge in [-0.1, -0.05) is 30.3 Å². The molecule has 0 heterocycles. The maximum absolute atomic E-state index is 11.6. The number of nitrogens with zero attached hydrogens (tertiary/aromatic N) is 1. The van der Waals surface area contributed by atoms with Gasteiger partial charge in [-0.05, 0) is 29.8 Å². The molecule has 0 unspecified atom stereocenters. The number of carbonyl (C=O) groups is 1. The standard InChI is InChI=1S/C16H18N4O.HI/c1-18-15(21)13-7-5-6-12(10-13)11-19-16(17)20-14-8-3-2-4-9-14;/h2-10H,11H2,1H3,(H,18,21)(H3,17,19,20);1H. The van der Waals surface area contributed by atoms with Crippen LogP contribution in [0.5, 0.6) is 0 Å². The highest BCUT2D eigenvalue weighted by atomic mass is 127. The van der Waals surface area contributed by atoms with Crippen LogP contribution in [0, 0.1) is 0 Å². The molecule has 2 aromatic rings. The minimum absolute atomic E-state index is 0. The van der Waals surface area contributed by atoms with E-state index >= 15 is 0 Å². The first-order chi connectivity index (χ1) is 10.2. The van der Waals surface area contributed by atoms with Crippen molar-refractivity contribution in [2.24, 2.45) is 10.7 Å². The van der Waals surface area contributed by atoms with Gasteiger partial charge in [-0.2, -0.15) is 0 Å². The summed E-state index contributed by atoms with van der Waals surface area (Å²) >= 11 is 0. The molecule has 116 valence electrons. The number of amides is 1. The highest BCUT2D eigenvalue weighted by molar-refractivity contribution is 14.0. The fourth-order valence-corrected chi connectivity index (χ4v) is 1.84. The fraction of sp³-hybridized carbons (Fsp3) is 0.125. The van der Waals surface area contributed by atoms with Crippen LogP contribution < -0.4 is 16.4 Å². The summed E-state index contributed by atoms with van der Waals surface area (Å²) in [5.41, 5.74) is 8.26. The monoisotopic (exact) mass is 410 g/mol. The van der Waals surface area contributed by atoms with Crippen LogP contribution in [0.25, 0.3) is 0 Å². The van der Waals surface area contributed by atoms with Crippen molar-refractivity contribution in [1.82, 2.24) is 5.32 Å². The molecule has 6 heteroatoms. The van der Waals surface area contributed by atoms with Gasteiger partial charge >= 0.3 is 0 Å². The van der Waals surface area contributed by atoms with E-state index < -0.39 is 0 Å². The SMILES string of the molecule is CNC(=O)c1cccc(CN=C(N)Nc2ccccc2)c1.I. The molecular formula is C16H19IN4O. The highest BCUT2D eigenvalue weighted by Crippen LogP contribution is 2.07. The van der Waals surface area contributed by atoms with Crippen LogP contribution in [0.1, 0.15) is 15.9 Å². The Labute approximate surface area is 147 Å². The van der Waals surface area contributed by atoms with Crippen LogP contribution in [0.3, 0.4) is 0 Å². The van der Waals surface area contributed by atoms with Gasteiger partial charge in [-0.3, -0.25) is 4.79 Å². The molecule has 0 aliphatic rings. The Morgan fingerprint density at radius 3 is 2.55 bits per heavy atom. The van der Waals surface area contributed by atoms with Gasteiger partial charge in [-0.15, -0.1) is 24.0 Å². The number of hydrogen-bond acceptors (Lipinski definition) is 2. The van der Waals surface area contributed by atoms with Crippen molar-refractivity contribution in [3.63, 3.8) is 0 Å². The number of guanidine groups is 1. The van der Waals surface area contributed by atoms with Crippen LogP contribution in [-0.2, 0) is 6.54 Å². The minimum Gasteiger partial charge on any atom is -0.370 e. The van der Waals surface area contributed by atoms with Crippen molar-refractivity contribution in [3.8, 4) is 0 Å². The molecule has 0 atom stereocenters. The maximum atomic E-state index is 11.6. The third kappa shape index (κ3) is 5.36. The molecule has 0 aromatic heterocycles. The van der Waals surface area contributed by atoms with E-state index in [-0.39, 0.29) is 29.9 Å². The van der Waals surface area contributed by atoms with Gasteiger partial charge < -0.3 is 16.4 Å². The summed E-state index contributed by atoms with van der Waals surface area (Å²) < 4.78 is 0. The predicted octanol–water partition coefficient (Wildman–Crippen LogP) is 2.59. The lowest BCUT2D eigenvalue weighted by atomic mass is 10.1.